The summed E-state index contributed by atoms with van der Waals surface area (Å²) >= 11 is 0. The first-order valence-electron chi connectivity index (χ1n) is 4.15. The van der Waals surface area contributed by atoms with Crippen molar-refractivity contribution in [2.75, 3.05) is 0 Å². The van der Waals surface area contributed by atoms with Crippen LogP contribution in [-0.4, -0.2) is 22.9 Å². The minimum atomic E-state index is -4.12. The van der Waals surface area contributed by atoms with Gasteiger partial charge in [0.15, 0.2) is 0 Å². The number of benzene rings is 1. The molecule has 6 heteroatoms. The molecule has 0 saturated heterocycles. The van der Waals surface area contributed by atoms with E-state index in [1.807, 2.05) is 0 Å². The molecular weight excluding hydrogens is 216 g/mol. The minimum Gasteiger partial charge on any atom is -0.345 e. The third kappa shape index (κ3) is 2.05. The average Bonchev–Trinajstić information content (AvgIpc) is 2.69. The van der Waals surface area contributed by atoms with E-state index in [1.54, 1.807) is 24.5 Å². The molecular formula is C9H8N2O3S. The second-order valence-corrected chi connectivity index (χ2v) is 4.36. The van der Waals surface area contributed by atoms with Crippen molar-refractivity contribution in [2.45, 2.75) is 4.90 Å². The zero-order valence-corrected chi connectivity index (χ0v) is 8.40. The fraction of sp³-hybridized carbons (Fsp3) is 0. The predicted octanol–water partition coefficient (Wildman–Crippen LogP) is 1.32. The lowest BCUT2D eigenvalue weighted by Gasteiger charge is -1.98. The molecule has 1 aromatic carbocycles. The molecule has 2 rings (SSSR count). The van der Waals surface area contributed by atoms with Crippen LogP contribution in [0.2, 0.25) is 0 Å². The van der Waals surface area contributed by atoms with Gasteiger partial charge in [-0.15, -0.1) is 0 Å². The first-order valence-corrected chi connectivity index (χ1v) is 5.59. The van der Waals surface area contributed by atoms with Gasteiger partial charge in [-0.2, -0.15) is 8.42 Å². The number of nitrogens with zero attached hydrogens (tertiary/aromatic N) is 1. The van der Waals surface area contributed by atoms with Gasteiger partial charge in [0.25, 0.3) is 10.1 Å². The van der Waals surface area contributed by atoms with Crippen molar-refractivity contribution in [1.82, 2.24) is 9.97 Å². The third-order valence-electron chi connectivity index (χ3n) is 1.92. The molecule has 0 atom stereocenters. The van der Waals surface area contributed by atoms with E-state index in [0.717, 1.165) is 5.56 Å². The summed E-state index contributed by atoms with van der Waals surface area (Å²) < 4.78 is 30.3. The summed E-state index contributed by atoms with van der Waals surface area (Å²) in [5.41, 5.74) is 0.757. The molecule has 0 aliphatic carbocycles. The molecule has 0 spiro atoms. The van der Waals surface area contributed by atoms with Gasteiger partial charge in [0, 0.05) is 18.0 Å². The fourth-order valence-corrected chi connectivity index (χ4v) is 1.69. The van der Waals surface area contributed by atoms with Gasteiger partial charge in [0.2, 0.25) is 0 Å². The summed E-state index contributed by atoms with van der Waals surface area (Å²) in [4.78, 5) is 6.77. The molecule has 2 aromatic rings. The molecule has 2 N–H and O–H groups in total. The molecule has 0 amide bonds. The quantitative estimate of drug-likeness (QED) is 0.754. The highest BCUT2D eigenvalue weighted by atomic mass is 32.2. The van der Waals surface area contributed by atoms with Crippen molar-refractivity contribution in [3.63, 3.8) is 0 Å². The highest BCUT2D eigenvalue weighted by Crippen LogP contribution is 2.17. The average molecular weight is 224 g/mol. The third-order valence-corrected chi connectivity index (χ3v) is 2.79. The Morgan fingerprint density at radius 3 is 2.33 bits per heavy atom. The highest BCUT2D eigenvalue weighted by Gasteiger charge is 2.09. The zero-order valence-electron chi connectivity index (χ0n) is 7.58. The van der Waals surface area contributed by atoms with E-state index in [0.29, 0.717) is 5.82 Å². The Morgan fingerprint density at radius 1 is 1.20 bits per heavy atom. The van der Waals surface area contributed by atoms with E-state index in [9.17, 15) is 8.42 Å². The molecule has 0 unspecified atom stereocenters. The van der Waals surface area contributed by atoms with Crippen molar-refractivity contribution in [2.24, 2.45) is 0 Å². The smallest absolute Gasteiger partial charge is 0.294 e. The van der Waals surface area contributed by atoms with Crippen molar-refractivity contribution >= 4 is 10.1 Å². The van der Waals surface area contributed by atoms with Crippen molar-refractivity contribution in [3.05, 3.63) is 36.7 Å². The van der Waals surface area contributed by atoms with Gasteiger partial charge < -0.3 is 4.98 Å². The Hall–Kier alpha value is -1.66. The van der Waals surface area contributed by atoms with E-state index >= 15 is 0 Å². The molecule has 1 heterocycles. The summed E-state index contributed by atoms with van der Waals surface area (Å²) in [6, 6.07) is 5.80. The summed E-state index contributed by atoms with van der Waals surface area (Å²) in [6.07, 6.45) is 3.28. The van der Waals surface area contributed by atoms with E-state index in [4.69, 9.17) is 4.55 Å². The van der Waals surface area contributed by atoms with Crippen molar-refractivity contribution in [3.8, 4) is 11.4 Å². The lowest BCUT2D eigenvalue weighted by atomic mass is 10.2. The van der Waals surface area contributed by atoms with Gasteiger partial charge in [-0.1, -0.05) is 0 Å². The van der Waals surface area contributed by atoms with Crippen LogP contribution >= 0.6 is 0 Å². The van der Waals surface area contributed by atoms with Crippen LogP contribution in [0.25, 0.3) is 11.4 Å². The lowest BCUT2D eigenvalue weighted by Crippen LogP contribution is -1.97. The normalized spacial score (nSPS) is 11.5. The zero-order chi connectivity index (χ0) is 10.9. The molecule has 0 aliphatic heterocycles. The summed E-state index contributed by atoms with van der Waals surface area (Å²) in [5.74, 6) is 0.650. The maximum absolute atomic E-state index is 10.8. The number of nitrogens with one attached hydrogen (secondary N) is 1. The maximum Gasteiger partial charge on any atom is 0.294 e. The molecule has 0 aliphatic rings. The second kappa shape index (κ2) is 3.48. The number of rotatable bonds is 2. The van der Waals surface area contributed by atoms with Gasteiger partial charge in [0.1, 0.15) is 5.82 Å². The molecule has 1 aromatic heterocycles. The van der Waals surface area contributed by atoms with E-state index in [-0.39, 0.29) is 4.90 Å². The van der Waals surface area contributed by atoms with Crippen LogP contribution in [0, 0.1) is 0 Å². The van der Waals surface area contributed by atoms with Crippen LogP contribution in [0.4, 0.5) is 0 Å². The summed E-state index contributed by atoms with van der Waals surface area (Å²) in [5, 5.41) is 0. The van der Waals surface area contributed by atoms with Gasteiger partial charge >= 0.3 is 0 Å². The maximum atomic E-state index is 10.8. The number of H-pyrrole nitrogens is 1. The topological polar surface area (TPSA) is 83.1 Å². The van der Waals surface area contributed by atoms with E-state index in [2.05, 4.69) is 9.97 Å². The predicted molar refractivity (Wildman–Crippen MR) is 53.8 cm³/mol. The van der Waals surface area contributed by atoms with Crippen LogP contribution in [0.5, 0.6) is 0 Å². The van der Waals surface area contributed by atoms with Crippen molar-refractivity contribution < 1.29 is 13.0 Å². The molecule has 78 valence electrons. The molecule has 0 fully saturated rings. The van der Waals surface area contributed by atoms with Crippen LogP contribution in [0.1, 0.15) is 0 Å². The van der Waals surface area contributed by atoms with Gasteiger partial charge in [0.05, 0.1) is 4.90 Å². The second-order valence-electron chi connectivity index (χ2n) is 2.94. The molecule has 0 radical (unpaired) electrons. The first-order chi connectivity index (χ1) is 7.07. The Kier molecular flexibility index (Phi) is 2.29. The Balaban J connectivity index is 2.42. The number of aromatic amines is 1. The number of hydrogen-bond donors (Lipinski definition) is 2. The Labute approximate surface area is 86.5 Å². The number of imidazole rings is 1. The standard InChI is InChI=1S/C9H8N2O3S/c12-15(13,14)8-3-1-7(2-4-8)9-10-5-6-11-9/h1-6H,(H,10,11)(H,12,13,14). The van der Waals surface area contributed by atoms with E-state index in [1.165, 1.54) is 12.1 Å². The number of aromatic nitrogens is 2. The molecule has 15 heavy (non-hydrogen) atoms. The number of hydrogen-bond acceptors (Lipinski definition) is 3. The van der Waals surface area contributed by atoms with Crippen molar-refractivity contribution in [1.29, 1.82) is 0 Å². The van der Waals surface area contributed by atoms with Gasteiger partial charge in [-0.05, 0) is 24.3 Å². The minimum absolute atomic E-state index is 0.127. The van der Waals surface area contributed by atoms with Crippen LogP contribution in [0.15, 0.2) is 41.6 Å². The lowest BCUT2D eigenvalue weighted by molar-refractivity contribution is 0.483. The monoisotopic (exact) mass is 224 g/mol. The fourth-order valence-electron chi connectivity index (χ4n) is 1.21. The van der Waals surface area contributed by atoms with Crippen LogP contribution in [-0.2, 0) is 10.1 Å². The largest absolute Gasteiger partial charge is 0.345 e. The Morgan fingerprint density at radius 2 is 1.87 bits per heavy atom. The summed E-state index contributed by atoms with van der Waals surface area (Å²) in [7, 11) is -4.12. The van der Waals surface area contributed by atoms with E-state index < -0.39 is 10.1 Å². The molecule has 0 saturated carbocycles. The van der Waals surface area contributed by atoms with Crippen LogP contribution < -0.4 is 0 Å². The van der Waals surface area contributed by atoms with Gasteiger partial charge in [-0.25, -0.2) is 4.98 Å². The Bertz CT molecular complexity index is 544. The van der Waals surface area contributed by atoms with Crippen LogP contribution in [0.3, 0.4) is 0 Å². The highest BCUT2D eigenvalue weighted by molar-refractivity contribution is 7.85. The molecule has 5 nitrogen and oxygen atoms in total. The summed E-state index contributed by atoms with van der Waals surface area (Å²) in [6.45, 7) is 0. The van der Waals surface area contributed by atoms with Gasteiger partial charge in [-0.3, -0.25) is 4.55 Å². The SMILES string of the molecule is O=S(=O)(O)c1ccc(-c2ncc[nH]2)cc1. The first kappa shape index (κ1) is 9.88. The molecule has 0 bridgehead atoms.